The second kappa shape index (κ2) is 6.96. The number of hydrogen-bond acceptors (Lipinski definition) is 2. The highest BCUT2D eigenvalue weighted by Gasteiger charge is 2.29. The topological polar surface area (TPSA) is 58.2 Å². The lowest BCUT2D eigenvalue weighted by molar-refractivity contribution is -0.117. The van der Waals surface area contributed by atoms with Crippen LogP contribution in [0.3, 0.4) is 0 Å². The van der Waals surface area contributed by atoms with Crippen molar-refractivity contribution in [3.05, 3.63) is 64.1 Å². The highest BCUT2D eigenvalue weighted by molar-refractivity contribution is 9.10. The van der Waals surface area contributed by atoms with Crippen molar-refractivity contribution in [2.24, 2.45) is 5.92 Å². The van der Waals surface area contributed by atoms with Gasteiger partial charge in [-0.15, -0.1) is 0 Å². The lowest BCUT2D eigenvalue weighted by Crippen LogP contribution is -2.23. The minimum atomic E-state index is -0.160. The third-order valence-electron chi connectivity index (χ3n) is 3.68. The highest BCUT2D eigenvalue weighted by Crippen LogP contribution is 2.30. The fraction of sp³-hybridized carbons (Fsp3) is 0.222. The Hall–Kier alpha value is -2.14. The summed E-state index contributed by atoms with van der Waals surface area (Å²) < 4.78 is 0.981. The Labute approximate surface area is 143 Å². The number of benzene rings is 2. The van der Waals surface area contributed by atoms with Crippen molar-refractivity contribution in [2.45, 2.75) is 19.4 Å². The molecule has 2 N–H and O–H groups in total. The van der Waals surface area contributed by atoms with E-state index in [1.165, 1.54) is 0 Å². The minimum Gasteiger partial charge on any atom is -0.348 e. The summed E-state index contributed by atoms with van der Waals surface area (Å²) in [6, 6.07) is 14.8. The Bertz CT molecular complexity index is 741. The summed E-state index contributed by atoms with van der Waals surface area (Å²) in [5.74, 6) is 0.0215. The van der Waals surface area contributed by atoms with Crippen LogP contribution in [0.5, 0.6) is 0 Å². The van der Waals surface area contributed by atoms with Gasteiger partial charge in [-0.1, -0.05) is 34.1 Å². The average molecular weight is 373 g/mol. The molecule has 0 saturated heterocycles. The van der Waals surface area contributed by atoms with Crippen LogP contribution in [0.2, 0.25) is 0 Å². The molecule has 1 aliphatic rings. The molecule has 0 aromatic heterocycles. The van der Waals surface area contributed by atoms with Crippen LogP contribution in [-0.2, 0) is 11.3 Å². The Morgan fingerprint density at radius 3 is 2.61 bits per heavy atom. The lowest BCUT2D eigenvalue weighted by atomic mass is 10.1. The lowest BCUT2D eigenvalue weighted by Gasteiger charge is -2.08. The molecule has 0 radical (unpaired) electrons. The molecule has 0 unspecified atom stereocenters. The Balaban J connectivity index is 1.61. The van der Waals surface area contributed by atoms with Gasteiger partial charge in [0.05, 0.1) is 0 Å². The van der Waals surface area contributed by atoms with E-state index in [4.69, 9.17) is 0 Å². The summed E-state index contributed by atoms with van der Waals surface area (Å²) in [4.78, 5) is 24.0. The average Bonchev–Trinajstić information content (AvgIpc) is 3.38. The second-order valence-electron chi connectivity index (χ2n) is 5.66. The van der Waals surface area contributed by atoms with E-state index < -0.39 is 0 Å². The monoisotopic (exact) mass is 372 g/mol. The smallest absolute Gasteiger partial charge is 0.251 e. The van der Waals surface area contributed by atoms with Crippen molar-refractivity contribution < 1.29 is 9.59 Å². The fourth-order valence-electron chi connectivity index (χ4n) is 2.26. The van der Waals surface area contributed by atoms with Crippen molar-refractivity contribution in [1.82, 2.24) is 5.32 Å². The zero-order valence-corrected chi connectivity index (χ0v) is 14.1. The summed E-state index contributed by atoms with van der Waals surface area (Å²) in [6.45, 7) is 0.455. The first-order valence-corrected chi connectivity index (χ1v) is 8.35. The van der Waals surface area contributed by atoms with E-state index >= 15 is 0 Å². The molecule has 0 heterocycles. The molecule has 5 heteroatoms. The van der Waals surface area contributed by atoms with Gasteiger partial charge in [0.25, 0.3) is 5.91 Å². The third-order valence-corrected chi connectivity index (χ3v) is 4.18. The van der Waals surface area contributed by atoms with Gasteiger partial charge < -0.3 is 10.6 Å². The van der Waals surface area contributed by atoms with E-state index in [0.717, 1.165) is 22.9 Å². The van der Waals surface area contributed by atoms with Crippen LogP contribution < -0.4 is 10.6 Å². The summed E-state index contributed by atoms with van der Waals surface area (Å²) >= 11 is 3.41. The maximum atomic E-state index is 12.3. The first kappa shape index (κ1) is 15.7. The maximum Gasteiger partial charge on any atom is 0.251 e. The van der Waals surface area contributed by atoms with Crippen molar-refractivity contribution >= 4 is 33.4 Å². The summed E-state index contributed by atoms with van der Waals surface area (Å²) in [5.41, 5.74) is 2.22. The van der Waals surface area contributed by atoms with Gasteiger partial charge in [-0.25, -0.2) is 0 Å². The molecule has 118 valence electrons. The van der Waals surface area contributed by atoms with Gasteiger partial charge in [-0.05, 0) is 48.7 Å². The van der Waals surface area contributed by atoms with Crippen LogP contribution in [0.15, 0.2) is 53.0 Å². The number of hydrogen-bond donors (Lipinski definition) is 2. The van der Waals surface area contributed by atoms with E-state index in [1.807, 2.05) is 24.3 Å². The SMILES string of the molecule is O=C(NCc1cccc(Br)c1)c1cccc(NC(=O)C2CC2)c1. The predicted octanol–water partition coefficient (Wildman–Crippen LogP) is 3.73. The number of halogens is 1. The molecule has 2 aromatic rings. The third kappa shape index (κ3) is 4.42. The normalized spacial score (nSPS) is 13.4. The van der Waals surface area contributed by atoms with Crippen molar-refractivity contribution in [1.29, 1.82) is 0 Å². The molecule has 0 aliphatic heterocycles. The van der Waals surface area contributed by atoms with Gasteiger partial charge in [0.1, 0.15) is 0 Å². The highest BCUT2D eigenvalue weighted by atomic mass is 79.9. The number of rotatable bonds is 5. The Morgan fingerprint density at radius 2 is 1.87 bits per heavy atom. The van der Waals surface area contributed by atoms with Gasteiger partial charge in [0.15, 0.2) is 0 Å². The first-order chi connectivity index (χ1) is 11.1. The van der Waals surface area contributed by atoms with E-state index in [-0.39, 0.29) is 17.7 Å². The molecular formula is C18H17BrN2O2. The Kier molecular flexibility index (Phi) is 4.76. The second-order valence-corrected chi connectivity index (χ2v) is 6.57. The van der Waals surface area contributed by atoms with Crippen LogP contribution >= 0.6 is 15.9 Å². The summed E-state index contributed by atoms with van der Waals surface area (Å²) in [7, 11) is 0. The summed E-state index contributed by atoms with van der Waals surface area (Å²) in [5, 5.41) is 5.74. The van der Waals surface area contributed by atoms with Crippen LogP contribution in [0.25, 0.3) is 0 Å². The van der Waals surface area contributed by atoms with Crippen LogP contribution in [0, 0.1) is 5.92 Å². The fourth-order valence-corrected chi connectivity index (χ4v) is 2.71. The summed E-state index contributed by atoms with van der Waals surface area (Å²) in [6.07, 6.45) is 1.91. The van der Waals surface area contributed by atoms with E-state index in [2.05, 4.69) is 26.6 Å². The zero-order chi connectivity index (χ0) is 16.2. The molecule has 4 nitrogen and oxygen atoms in total. The van der Waals surface area contributed by atoms with Gasteiger partial charge in [-0.2, -0.15) is 0 Å². The van der Waals surface area contributed by atoms with E-state index in [0.29, 0.717) is 17.8 Å². The van der Waals surface area contributed by atoms with Crippen molar-refractivity contribution in [3.63, 3.8) is 0 Å². The Morgan fingerprint density at radius 1 is 1.09 bits per heavy atom. The molecule has 23 heavy (non-hydrogen) atoms. The van der Waals surface area contributed by atoms with Gasteiger partial charge in [-0.3, -0.25) is 9.59 Å². The molecule has 2 aromatic carbocycles. The van der Waals surface area contributed by atoms with Crippen LogP contribution in [0.4, 0.5) is 5.69 Å². The number of anilines is 1. The molecule has 3 rings (SSSR count). The number of carbonyl (C=O) groups excluding carboxylic acids is 2. The molecule has 2 amide bonds. The molecule has 1 fully saturated rings. The standard InChI is InChI=1S/C18H17BrN2O2/c19-15-5-1-3-12(9-15)11-20-17(22)14-4-2-6-16(10-14)21-18(23)13-7-8-13/h1-6,9-10,13H,7-8,11H2,(H,20,22)(H,21,23). The first-order valence-electron chi connectivity index (χ1n) is 7.55. The zero-order valence-electron chi connectivity index (χ0n) is 12.5. The molecule has 0 spiro atoms. The quantitative estimate of drug-likeness (QED) is 0.839. The van der Waals surface area contributed by atoms with Gasteiger partial charge in [0, 0.05) is 28.2 Å². The predicted molar refractivity (Wildman–Crippen MR) is 93.1 cm³/mol. The molecule has 1 aliphatic carbocycles. The van der Waals surface area contributed by atoms with Gasteiger partial charge in [0.2, 0.25) is 5.91 Å². The number of carbonyl (C=O) groups is 2. The molecule has 1 saturated carbocycles. The molecule has 0 bridgehead atoms. The largest absolute Gasteiger partial charge is 0.348 e. The van der Waals surface area contributed by atoms with E-state index in [9.17, 15) is 9.59 Å². The van der Waals surface area contributed by atoms with Crippen molar-refractivity contribution in [3.8, 4) is 0 Å². The number of amides is 2. The van der Waals surface area contributed by atoms with Crippen LogP contribution in [0.1, 0.15) is 28.8 Å². The molecule has 0 atom stereocenters. The molecular weight excluding hydrogens is 356 g/mol. The minimum absolute atomic E-state index is 0.0386. The number of nitrogens with one attached hydrogen (secondary N) is 2. The maximum absolute atomic E-state index is 12.3. The van der Waals surface area contributed by atoms with E-state index in [1.54, 1.807) is 24.3 Å². The van der Waals surface area contributed by atoms with Crippen LogP contribution in [-0.4, -0.2) is 11.8 Å². The van der Waals surface area contributed by atoms with Gasteiger partial charge >= 0.3 is 0 Å². The van der Waals surface area contributed by atoms with Crippen molar-refractivity contribution in [2.75, 3.05) is 5.32 Å².